The van der Waals surface area contributed by atoms with Gasteiger partial charge in [-0.3, -0.25) is 0 Å². The normalized spacial score (nSPS) is 34.4. The molecule has 0 aromatic rings. The van der Waals surface area contributed by atoms with Gasteiger partial charge < -0.3 is 20.4 Å². The van der Waals surface area contributed by atoms with Crippen LogP contribution in [0, 0.1) is 34.5 Å². The number of hydrogen-bond donors (Lipinski definition) is 4. The van der Waals surface area contributed by atoms with Gasteiger partial charge in [0.15, 0.2) is 0 Å². The first kappa shape index (κ1) is 37.7. The lowest BCUT2D eigenvalue weighted by Crippen LogP contribution is -2.48. The van der Waals surface area contributed by atoms with E-state index >= 15 is 0 Å². The van der Waals surface area contributed by atoms with Gasteiger partial charge in [0.25, 0.3) is 0 Å². The second kappa shape index (κ2) is 16.7. The van der Waals surface area contributed by atoms with Crippen LogP contribution in [0.1, 0.15) is 82.1 Å². The second-order valence-corrected chi connectivity index (χ2v) is 14.7. The molecule has 0 aromatic heterocycles. The number of hydrogen-bond acceptors (Lipinski definition) is 4. The van der Waals surface area contributed by atoms with Gasteiger partial charge in [-0.1, -0.05) is 149 Å². The fourth-order valence-corrected chi connectivity index (χ4v) is 6.86. The summed E-state index contributed by atoms with van der Waals surface area (Å²) >= 11 is 0. The Bertz CT molecular complexity index is 1120. The molecule has 4 N–H and O–H groups in total. The van der Waals surface area contributed by atoms with Crippen molar-refractivity contribution in [3.05, 3.63) is 107 Å². The molecule has 0 bridgehead atoms. The van der Waals surface area contributed by atoms with Gasteiger partial charge in [0.1, 0.15) is 0 Å². The smallest absolute Gasteiger partial charge is 0.0830 e. The molecule has 44 heavy (non-hydrogen) atoms. The molecule has 244 valence electrons. The Hall–Kier alpha value is -2.50. The monoisotopic (exact) mass is 604 g/mol. The zero-order valence-electron chi connectivity index (χ0n) is 28.9. The molecule has 0 aliphatic heterocycles. The van der Waals surface area contributed by atoms with Crippen LogP contribution in [0.4, 0.5) is 0 Å². The zero-order valence-corrected chi connectivity index (χ0v) is 28.9. The van der Waals surface area contributed by atoms with Crippen LogP contribution in [0.3, 0.4) is 0 Å². The van der Waals surface area contributed by atoms with E-state index in [0.29, 0.717) is 12.8 Å². The van der Waals surface area contributed by atoms with Crippen LogP contribution in [0.15, 0.2) is 107 Å². The first-order valence-electron chi connectivity index (χ1n) is 16.3. The summed E-state index contributed by atoms with van der Waals surface area (Å²) in [4.78, 5) is 0. The van der Waals surface area contributed by atoms with Crippen molar-refractivity contribution in [2.75, 3.05) is 0 Å². The molecule has 2 aliphatic rings. The zero-order chi connectivity index (χ0) is 33.2. The van der Waals surface area contributed by atoms with Crippen molar-refractivity contribution < 1.29 is 20.4 Å². The Kier molecular flexibility index (Phi) is 14.3. The van der Waals surface area contributed by atoms with Gasteiger partial charge in [-0.05, 0) is 75.0 Å². The number of aliphatic hydroxyl groups is 4. The van der Waals surface area contributed by atoms with E-state index < -0.39 is 24.4 Å². The third kappa shape index (κ3) is 11.1. The summed E-state index contributed by atoms with van der Waals surface area (Å²) in [5, 5.41) is 41.0. The largest absolute Gasteiger partial charge is 0.390 e. The van der Waals surface area contributed by atoms with E-state index in [0.717, 1.165) is 22.3 Å². The van der Waals surface area contributed by atoms with E-state index in [2.05, 4.69) is 128 Å². The van der Waals surface area contributed by atoms with E-state index in [9.17, 15) is 20.4 Å². The highest BCUT2D eigenvalue weighted by Gasteiger charge is 2.45. The van der Waals surface area contributed by atoms with Crippen LogP contribution < -0.4 is 0 Å². The lowest BCUT2D eigenvalue weighted by atomic mass is 9.62. The molecular formula is C40H60O4. The van der Waals surface area contributed by atoms with Crippen LogP contribution in [-0.4, -0.2) is 44.8 Å². The van der Waals surface area contributed by atoms with Gasteiger partial charge in [-0.15, -0.1) is 0 Å². The summed E-state index contributed by atoms with van der Waals surface area (Å²) in [6.45, 7) is 21.0. The number of aliphatic hydroxyl groups excluding tert-OH is 4. The van der Waals surface area contributed by atoms with E-state index in [1.54, 1.807) is 0 Å². The van der Waals surface area contributed by atoms with E-state index in [-0.39, 0.29) is 34.5 Å². The van der Waals surface area contributed by atoms with Crippen LogP contribution in [-0.2, 0) is 0 Å². The molecule has 0 spiro atoms. The predicted octanol–water partition coefficient (Wildman–Crippen LogP) is 8.36. The van der Waals surface area contributed by atoms with Crippen LogP contribution >= 0.6 is 0 Å². The molecule has 2 saturated carbocycles. The summed E-state index contributed by atoms with van der Waals surface area (Å²) in [5.41, 5.74) is 4.47. The third-order valence-corrected chi connectivity index (χ3v) is 9.67. The highest BCUT2D eigenvalue weighted by molar-refractivity contribution is 5.32. The molecule has 0 saturated heterocycles. The summed E-state index contributed by atoms with van der Waals surface area (Å²) in [6.07, 6.45) is 27.9. The maximum absolute atomic E-state index is 10.3. The lowest BCUT2D eigenvalue weighted by Gasteiger charge is -2.46. The van der Waals surface area contributed by atoms with Gasteiger partial charge >= 0.3 is 0 Å². The molecule has 2 fully saturated rings. The van der Waals surface area contributed by atoms with E-state index in [1.165, 1.54) is 0 Å². The minimum Gasteiger partial charge on any atom is -0.390 e. The van der Waals surface area contributed by atoms with Crippen molar-refractivity contribution in [1.82, 2.24) is 0 Å². The Morgan fingerprint density at radius 3 is 1.14 bits per heavy atom. The Balaban J connectivity index is 1.89. The Morgan fingerprint density at radius 1 is 0.500 bits per heavy atom. The van der Waals surface area contributed by atoms with Crippen LogP contribution in [0.2, 0.25) is 0 Å². The topological polar surface area (TPSA) is 80.9 Å². The molecule has 2 rings (SSSR count). The Morgan fingerprint density at radius 2 is 0.795 bits per heavy atom. The standard InChI is InChI=1S/C40H60O4/c1-27(17-13-19-29(3)21-23-33-31(5)37(43)35(41)25-39(33,7)8)15-11-12-16-28(2)18-14-20-30(4)22-24-34-32(6)38(44)36(42)26-40(34,9)10/h11-24,31-38,41-44H,25-26H2,1-10H3. The van der Waals surface area contributed by atoms with Crippen LogP contribution in [0.25, 0.3) is 0 Å². The van der Waals surface area contributed by atoms with Crippen molar-refractivity contribution in [2.45, 2.75) is 106 Å². The van der Waals surface area contributed by atoms with Crippen molar-refractivity contribution in [3.8, 4) is 0 Å². The van der Waals surface area contributed by atoms with Crippen molar-refractivity contribution in [3.63, 3.8) is 0 Å². The summed E-state index contributed by atoms with van der Waals surface area (Å²) < 4.78 is 0. The molecule has 4 heteroatoms. The predicted molar refractivity (Wildman–Crippen MR) is 187 cm³/mol. The lowest BCUT2D eigenvalue weighted by molar-refractivity contribution is -0.0970. The summed E-state index contributed by atoms with van der Waals surface area (Å²) in [7, 11) is 0. The number of allylic oxidation sites excluding steroid dienone is 18. The number of rotatable bonds is 10. The summed E-state index contributed by atoms with van der Waals surface area (Å²) in [6, 6.07) is 0. The second-order valence-electron chi connectivity index (χ2n) is 14.7. The minimum atomic E-state index is -0.677. The van der Waals surface area contributed by atoms with E-state index in [1.807, 2.05) is 26.0 Å². The quantitative estimate of drug-likeness (QED) is 0.189. The first-order chi connectivity index (χ1) is 20.5. The molecule has 8 atom stereocenters. The Labute approximate surface area is 268 Å². The fourth-order valence-electron chi connectivity index (χ4n) is 6.86. The molecular weight excluding hydrogens is 544 g/mol. The van der Waals surface area contributed by atoms with Gasteiger partial charge in [-0.25, -0.2) is 0 Å². The maximum atomic E-state index is 10.3. The first-order valence-corrected chi connectivity index (χ1v) is 16.3. The van der Waals surface area contributed by atoms with Gasteiger partial charge in [0.05, 0.1) is 24.4 Å². The van der Waals surface area contributed by atoms with Gasteiger partial charge in [0, 0.05) is 0 Å². The van der Waals surface area contributed by atoms with Crippen molar-refractivity contribution in [2.24, 2.45) is 34.5 Å². The fraction of sp³-hybridized carbons (Fsp3) is 0.550. The minimum absolute atomic E-state index is 0.0119. The molecule has 0 heterocycles. The van der Waals surface area contributed by atoms with Crippen molar-refractivity contribution in [1.29, 1.82) is 0 Å². The average Bonchev–Trinajstić information content (AvgIpc) is 2.92. The molecule has 0 amide bonds. The van der Waals surface area contributed by atoms with Gasteiger partial charge in [-0.2, -0.15) is 0 Å². The average molecular weight is 605 g/mol. The maximum Gasteiger partial charge on any atom is 0.0830 e. The highest BCUT2D eigenvalue weighted by atomic mass is 16.3. The molecule has 0 aromatic carbocycles. The molecule has 4 nitrogen and oxygen atoms in total. The summed E-state index contributed by atoms with van der Waals surface area (Å²) in [5.74, 6) is 0.438. The molecule has 0 radical (unpaired) electrons. The van der Waals surface area contributed by atoms with Crippen LogP contribution in [0.5, 0.6) is 0 Å². The SMILES string of the molecule is CC(C=CC=C(C)C=CC1C(C)C(O)C(O)CC1(C)C)=CC=CC=C(C)C=CC=C(C)C=CC1C(C)C(O)C(O)CC1(C)C. The van der Waals surface area contributed by atoms with E-state index in [4.69, 9.17) is 0 Å². The van der Waals surface area contributed by atoms with Crippen molar-refractivity contribution >= 4 is 0 Å². The molecule has 2 aliphatic carbocycles. The molecule has 8 unspecified atom stereocenters. The van der Waals surface area contributed by atoms with Gasteiger partial charge in [0.2, 0.25) is 0 Å². The highest BCUT2D eigenvalue weighted by Crippen LogP contribution is 2.46. The third-order valence-electron chi connectivity index (χ3n) is 9.67.